The van der Waals surface area contributed by atoms with Crippen molar-refractivity contribution in [3.05, 3.63) is 66.2 Å². The van der Waals surface area contributed by atoms with E-state index in [0.29, 0.717) is 31.6 Å². The third-order valence-corrected chi connectivity index (χ3v) is 5.24. The Morgan fingerprint density at radius 2 is 1.50 bits per heavy atom. The van der Waals surface area contributed by atoms with E-state index in [0.717, 1.165) is 5.56 Å². The van der Waals surface area contributed by atoms with Gasteiger partial charge in [-0.05, 0) is 30.5 Å². The van der Waals surface area contributed by atoms with Gasteiger partial charge in [0.05, 0.1) is 0 Å². The molecule has 1 heterocycles. The first-order valence-electron chi connectivity index (χ1n) is 10.1. The Morgan fingerprint density at radius 3 is 2.07 bits per heavy atom. The van der Waals surface area contributed by atoms with Crippen molar-refractivity contribution in [2.45, 2.75) is 18.9 Å². The lowest BCUT2D eigenvalue weighted by Gasteiger charge is -2.33. The summed E-state index contributed by atoms with van der Waals surface area (Å²) in [6.45, 7) is 1.06. The number of amides is 4. The van der Waals surface area contributed by atoms with Crippen LogP contribution in [0.3, 0.4) is 0 Å². The fourth-order valence-corrected chi connectivity index (χ4v) is 3.56. The van der Waals surface area contributed by atoms with Crippen LogP contribution in [0.4, 0.5) is 10.5 Å². The van der Waals surface area contributed by atoms with Crippen LogP contribution in [0.25, 0.3) is 0 Å². The number of nitrogens with one attached hydrogen (secondary N) is 2. The summed E-state index contributed by atoms with van der Waals surface area (Å²) in [6, 6.07) is 17.5. The first kappa shape index (κ1) is 21.4. The molecule has 0 aliphatic carbocycles. The van der Waals surface area contributed by atoms with Gasteiger partial charge >= 0.3 is 6.03 Å². The summed E-state index contributed by atoms with van der Waals surface area (Å²) >= 11 is 0. The second-order valence-corrected chi connectivity index (χ2v) is 7.65. The van der Waals surface area contributed by atoms with Gasteiger partial charge in [-0.1, -0.05) is 48.5 Å². The molecule has 1 fully saturated rings. The largest absolute Gasteiger partial charge is 0.340 e. The van der Waals surface area contributed by atoms with Crippen molar-refractivity contribution in [2.75, 3.05) is 32.5 Å². The van der Waals surface area contributed by atoms with E-state index in [4.69, 9.17) is 0 Å². The number of hydrogen-bond donors (Lipinski definition) is 2. The van der Waals surface area contributed by atoms with Crippen LogP contribution in [-0.4, -0.2) is 54.8 Å². The highest BCUT2D eigenvalue weighted by molar-refractivity contribution is 5.98. The van der Waals surface area contributed by atoms with E-state index in [-0.39, 0.29) is 23.8 Å². The molecule has 2 aromatic rings. The number of rotatable bonds is 5. The maximum atomic E-state index is 13.0. The SMILES string of the molecule is CN(C)C(=O)N1CCC(C(=O)NC(C(=O)Nc2ccccc2)c2ccccc2)CC1. The number of benzene rings is 2. The first-order valence-corrected chi connectivity index (χ1v) is 10.1. The minimum atomic E-state index is -0.791. The molecule has 1 atom stereocenters. The van der Waals surface area contributed by atoms with E-state index in [2.05, 4.69) is 10.6 Å². The van der Waals surface area contributed by atoms with Gasteiger partial charge in [0, 0.05) is 38.8 Å². The van der Waals surface area contributed by atoms with Crippen LogP contribution in [-0.2, 0) is 9.59 Å². The topological polar surface area (TPSA) is 81.8 Å². The minimum absolute atomic E-state index is 0.0433. The highest BCUT2D eigenvalue weighted by Gasteiger charge is 2.31. The smallest absolute Gasteiger partial charge is 0.319 e. The molecule has 1 saturated heterocycles. The van der Waals surface area contributed by atoms with Crippen molar-refractivity contribution in [3.63, 3.8) is 0 Å². The monoisotopic (exact) mass is 408 g/mol. The molecule has 1 unspecified atom stereocenters. The standard InChI is InChI=1S/C23H28N4O3/c1-26(2)23(30)27-15-13-18(14-16-27)21(28)25-20(17-9-5-3-6-10-17)22(29)24-19-11-7-4-8-12-19/h3-12,18,20H,13-16H2,1-2H3,(H,24,29)(H,25,28). The summed E-state index contributed by atoms with van der Waals surface area (Å²) in [5.41, 5.74) is 1.40. The summed E-state index contributed by atoms with van der Waals surface area (Å²) < 4.78 is 0. The number of carbonyl (C=O) groups is 3. The van der Waals surface area contributed by atoms with Crippen molar-refractivity contribution in [1.29, 1.82) is 0 Å². The average molecular weight is 409 g/mol. The zero-order valence-electron chi connectivity index (χ0n) is 17.4. The Bertz CT molecular complexity index is 863. The van der Waals surface area contributed by atoms with Crippen LogP contribution in [0, 0.1) is 5.92 Å². The number of anilines is 1. The Balaban J connectivity index is 1.67. The van der Waals surface area contributed by atoms with Crippen LogP contribution in [0.1, 0.15) is 24.4 Å². The third-order valence-electron chi connectivity index (χ3n) is 5.24. The van der Waals surface area contributed by atoms with E-state index < -0.39 is 6.04 Å². The molecule has 0 radical (unpaired) electrons. The number of para-hydroxylation sites is 1. The Labute approximate surface area is 177 Å². The van der Waals surface area contributed by atoms with Crippen LogP contribution in [0.2, 0.25) is 0 Å². The summed E-state index contributed by atoms with van der Waals surface area (Å²) in [5.74, 6) is -0.683. The number of urea groups is 1. The van der Waals surface area contributed by atoms with E-state index in [1.165, 1.54) is 0 Å². The van der Waals surface area contributed by atoms with Gasteiger partial charge in [-0.3, -0.25) is 9.59 Å². The molecule has 4 amide bonds. The fourth-order valence-electron chi connectivity index (χ4n) is 3.56. The highest BCUT2D eigenvalue weighted by Crippen LogP contribution is 2.21. The molecular weight excluding hydrogens is 380 g/mol. The van der Waals surface area contributed by atoms with E-state index in [1.807, 2.05) is 48.5 Å². The van der Waals surface area contributed by atoms with E-state index in [1.54, 1.807) is 36.0 Å². The van der Waals surface area contributed by atoms with Crippen molar-refractivity contribution < 1.29 is 14.4 Å². The molecule has 1 aliphatic heterocycles. The maximum absolute atomic E-state index is 13.0. The van der Waals surface area contributed by atoms with Crippen LogP contribution in [0.5, 0.6) is 0 Å². The van der Waals surface area contributed by atoms with Gasteiger partial charge in [0.15, 0.2) is 0 Å². The second kappa shape index (κ2) is 9.91. The quantitative estimate of drug-likeness (QED) is 0.798. The predicted octanol–water partition coefficient (Wildman–Crippen LogP) is 2.88. The molecule has 0 spiro atoms. The molecule has 0 bridgehead atoms. The van der Waals surface area contributed by atoms with Gasteiger partial charge < -0.3 is 20.4 Å². The van der Waals surface area contributed by atoms with Crippen LogP contribution in [0.15, 0.2) is 60.7 Å². The molecule has 2 aromatic carbocycles. The highest BCUT2D eigenvalue weighted by atomic mass is 16.2. The van der Waals surface area contributed by atoms with Crippen molar-refractivity contribution in [2.24, 2.45) is 5.92 Å². The maximum Gasteiger partial charge on any atom is 0.319 e. The lowest BCUT2D eigenvalue weighted by Crippen LogP contribution is -2.47. The fraction of sp³-hybridized carbons (Fsp3) is 0.348. The predicted molar refractivity (Wildman–Crippen MR) is 116 cm³/mol. The molecule has 7 nitrogen and oxygen atoms in total. The second-order valence-electron chi connectivity index (χ2n) is 7.65. The van der Waals surface area contributed by atoms with E-state index >= 15 is 0 Å². The van der Waals surface area contributed by atoms with Gasteiger partial charge in [0.2, 0.25) is 5.91 Å². The lowest BCUT2D eigenvalue weighted by molar-refractivity contribution is -0.130. The third kappa shape index (κ3) is 5.37. The van der Waals surface area contributed by atoms with Crippen LogP contribution >= 0.6 is 0 Å². The molecule has 0 aromatic heterocycles. The van der Waals surface area contributed by atoms with Gasteiger partial charge in [-0.25, -0.2) is 4.79 Å². The zero-order valence-corrected chi connectivity index (χ0v) is 17.4. The summed E-state index contributed by atoms with van der Waals surface area (Å²) in [6.07, 6.45) is 1.15. The minimum Gasteiger partial charge on any atom is -0.340 e. The molecule has 158 valence electrons. The van der Waals surface area contributed by atoms with Gasteiger partial charge in [0.25, 0.3) is 5.91 Å². The summed E-state index contributed by atoms with van der Waals surface area (Å²) in [4.78, 5) is 41.3. The molecular formula is C23H28N4O3. The number of carbonyl (C=O) groups excluding carboxylic acids is 3. The van der Waals surface area contributed by atoms with Crippen molar-refractivity contribution >= 4 is 23.5 Å². The molecule has 1 aliphatic rings. The first-order chi connectivity index (χ1) is 14.5. The van der Waals surface area contributed by atoms with Crippen molar-refractivity contribution in [1.82, 2.24) is 15.1 Å². The molecule has 0 saturated carbocycles. The molecule has 30 heavy (non-hydrogen) atoms. The Morgan fingerprint density at radius 1 is 0.933 bits per heavy atom. The van der Waals surface area contributed by atoms with Crippen molar-refractivity contribution in [3.8, 4) is 0 Å². The number of nitrogens with zero attached hydrogens (tertiary/aromatic N) is 2. The van der Waals surface area contributed by atoms with Gasteiger partial charge in [-0.15, -0.1) is 0 Å². The van der Waals surface area contributed by atoms with Gasteiger partial charge in [-0.2, -0.15) is 0 Å². The Kier molecular flexibility index (Phi) is 7.06. The lowest BCUT2D eigenvalue weighted by atomic mass is 9.95. The normalized spacial score (nSPS) is 15.2. The van der Waals surface area contributed by atoms with Gasteiger partial charge in [0.1, 0.15) is 6.04 Å². The number of hydrogen-bond acceptors (Lipinski definition) is 3. The molecule has 2 N–H and O–H groups in total. The summed E-state index contributed by atoms with van der Waals surface area (Å²) in [7, 11) is 3.44. The number of likely N-dealkylation sites (tertiary alicyclic amines) is 1. The summed E-state index contributed by atoms with van der Waals surface area (Å²) in [5, 5.41) is 5.80. The molecule has 3 rings (SSSR count). The van der Waals surface area contributed by atoms with E-state index in [9.17, 15) is 14.4 Å². The average Bonchev–Trinajstić information content (AvgIpc) is 2.78. The van der Waals surface area contributed by atoms with Crippen LogP contribution < -0.4 is 10.6 Å². The zero-order chi connectivity index (χ0) is 21.5. The Hall–Kier alpha value is -3.35. The molecule has 7 heteroatoms. The number of piperidine rings is 1.